The summed E-state index contributed by atoms with van der Waals surface area (Å²) in [5.74, 6) is -0.269. The minimum atomic E-state index is -1.22. The van der Waals surface area contributed by atoms with Crippen LogP contribution < -0.4 is 0 Å². The number of Topliss-reactive ketones (excluding diaryl/α,β-unsaturated/α-hetero) is 1. The zero-order valence-electron chi connectivity index (χ0n) is 6.77. The number of aliphatic hydroxyl groups is 1. The van der Waals surface area contributed by atoms with Crippen molar-refractivity contribution < 1.29 is 9.90 Å². The number of carbonyl (C=O) groups is 1. The SMILES string of the molecule is C=C(C)C(=O)C(C)(O)CC. The summed E-state index contributed by atoms with van der Waals surface area (Å²) in [7, 11) is 0. The van der Waals surface area contributed by atoms with Gasteiger partial charge in [0.05, 0.1) is 0 Å². The van der Waals surface area contributed by atoms with E-state index in [4.69, 9.17) is 0 Å². The van der Waals surface area contributed by atoms with Crippen LogP contribution in [-0.2, 0) is 4.79 Å². The minimum Gasteiger partial charge on any atom is -0.382 e. The summed E-state index contributed by atoms with van der Waals surface area (Å²) in [4.78, 5) is 11.0. The van der Waals surface area contributed by atoms with Crippen LogP contribution in [0, 0.1) is 0 Å². The topological polar surface area (TPSA) is 37.3 Å². The van der Waals surface area contributed by atoms with Crippen LogP contribution in [0.5, 0.6) is 0 Å². The highest BCUT2D eigenvalue weighted by atomic mass is 16.3. The van der Waals surface area contributed by atoms with E-state index in [-0.39, 0.29) is 5.78 Å². The largest absolute Gasteiger partial charge is 0.382 e. The Kier molecular flexibility index (Phi) is 2.78. The van der Waals surface area contributed by atoms with E-state index in [1.54, 1.807) is 13.8 Å². The molecule has 0 fully saturated rings. The van der Waals surface area contributed by atoms with Gasteiger partial charge in [-0.2, -0.15) is 0 Å². The van der Waals surface area contributed by atoms with Crippen LogP contribution in [0.1, 0.15) is 27.2 Å². The molecule has 0 saturated carbocycles. The van der Waals surface area contributed by atoms with Gasteiger partial charge in [0.15, 0.2) is 5.78 Å². The van der Waals surface area contributed by atoms with Crippen molar-refractivity contribution in [2.24, 2.45) is 0 Å². The molecule has 0 aliphatic rings. The highest BCUT2D eigenvalue weighted by Crippen LogP contribution is 2.13. The Hall–Kier alpha value is -0.630. The summed E-state index contributed by atoms with van der Waals surface area (Å²) < 4.78 is 0. The van der Waals surface area contributed by atoms with Gasteiger partial charge in [-0.15, -0.1) is 0 Å². The third-order valence-electron chi connectivity index (χ3n) is 1.57. The van der Waals surface area contributed by atoms with Crippen molar-refractivity contribution in [3.63, 3.8) is 0 Å². The molecular weight excluding hydrogens is 128 g/mol. The van der Waals surface area contributed by atoms with Gasteiger partial charge in [0.1, 0.15) is 5.60 Å². The highest BCUT2D eigenvalue weighted by Gasteiger charge is 2.27. The highest BCUT2D eigenvalue weighted by molar-refractivity contribution is 6.00. The average molecular weight is 142 g/mol. The molecule has 2 heteroatoms. The van der Waals surface area contributed by atoms with Crippen LogP contribution in [0.25, 0.3) is 0 Å². The van der Waals surface area contributed by atoms with Crippen molar-refractivity contribution in [1.82, 2.24) is 0 Å². The molecule has 10 heavy (non-hydrogen) atoms. The molecule has 1 unspecified atom stereocenters. The zero-order valence-corrected chi connectivity index (χ0v) is 6.77. The third-order valence-corrected chi connectivity index (χ3v) is 1.57. The van der Waals surface area contributed by atoms with Crippen molar-refractivity contribution in [1.29, 1.82) is 0 Å². The van der Waals surface area contributed by atoms with Gasteiger partial charge in [-0.25, -0.2) is 0 Å². The number of hydrogen-bond donors (Lipinski definition) is 1. The molecule has 0 rings (SSSR count). The van der Waals surface area contributed by atoms with E-state index in [9.17, 15) is 9.90 Å². The van der Waals surface area contributed by atoms with E-state index in [0.29, 0.717) is 12.0 Å². The Morgan fingerprint density at radius 1 is 1.70 bits per heavy atom. The predicted octanol–water partition coefficient (Wildman–Crippen LogP) is 1.29. The van der Waals surface area contributed by atoms with Gasteiger partial charge in [-0.3, -0.25) is 4.79 Å². The smallest absolute Gasteiger partial charge is 0.189 e. The van der Waals surface area contributed by atoms with E-state index in [1.807, 2.05) is 0 Å². The first-order valence-corrected chi connectivity index (χ1v) is 3.34. The number of rotatable bonds is 3. The second-order valence-electron chi connectivity index (χ2n) is 2.74. The third kappa shape index (κ3) is 1.95. The number of ketones is 1. The fourth-order valence-corrected chi connectivity index (χ4v) is 0.620. The van der Waals surface area contributed by atoms with Crippen molar-refractivity contribution in [3.8, 4) is 0 Å². The molecule has 0 spiro atoms. The molecule has 1 N–H and O–H groups in total. The molecule has 0 saturated heterocycles. The van der Waals surface area contributed by atoms with Gasteiger partial charge in [-0.05, 0) is 25.8 Å². The molecule has 0 aromatic carbocycles. The summed E-state index contributed by atoms with van der Waals surface area (Å²) in [6, 6.07) is 0. The predicted molar refractivity (Wildman–Crippen MR) is 40.7 cm³/mol. The van der Waals surface area contributed by atoms with Gasteiger partial charge in [0.25, 0.3) is 0 Å². The van der Waals surface area contributed by atoms with Crippen LogP contribution in [0.2, 0.25) is 0 Å². The van der Waals surface area contributed by atoms with E-state index in [2.05, 4.69) is 6.58 Å². The van der Waals surface area contributed by atoms with Gasteiger partial charge in [-0.1, -0.05) is 13.5 Å². The Morgan fingerprint density at radius 2 is 2.10 bits per heavy atom. The monoisotopic (exact) mass is 142 g/mol. The quantitative estimate of drug-likeness (QED) is 0.603. The van der Waals surface area contributed by atoms with Gasteiger partial charge < -0.3 is 5.11 Å². The Morgan fingerprint density at radius 3 is 2.20 bits per heavy atom. The summed E-state index contributed by atoms with van der Waals surface area (Å²) in [5.41, 5.74) is -0.807. The lowest BCUT2D eigenvalue weighted by Gasteiger charge is -2.18. The van der Waals surface area contributed by atoms with Crippen molar-refractivity contribution in [2.75, 3.05) is 0 Å². The lowest BCUT2D eigenvalue weighted by Crippen LogP contribution is -2.34. The Labute approximate surface area is 61.6 Å². The minimum absolute atomic E-state index is 0.269. The zero-order chi connectivity index (χ0) is 8.36. The molecule has 2 nitrogen and oxygen atoms in total. The first-order chi connectivity index (χ1) is 4.41. The maximum absolute atomic E-state index is 11.0. The second kappa shape index (κ2) is 2.97. The Bertz CT molecular complexity index is 157. The number of hydrogen-bond acceptors (Lipinski definition) is 2. The molecule has 0 aliphatic carbocycles. The molecule has 0 aromatic heterocycles. The van der Waals surface area contributed by atoms with E-state index < -0.39 is 5.60 Å². The van der Waals surface area contributed by atoms with E-state index in [0.717, 1.165) is 0 Å². The van der Waals surface area contributed by atoms with Gasteiger partial charge in [0, 0.05) is 0 Å². The molecule has 1 atom stereocenters. The fraction of sp³-hybridized carbons (Fsp3) is 0.625. The van der Waals surface area contributed by atoms with Crippen LogP contribution in [0.15, 0.2) is 12.2 Å². The van der Waals surface area contributed by atoms with Gasteiger partial charge >= 0.3 is 0 Å². The lowest BCUT2D eigenvalue weighted by atomic mass is 9.94. The fourth-order valence-electron chi connectivity index (χ4n) is 0.620. The molecule has 0 aromatic rings. The van der Waals surface area contributed by atoms with Gasteiger partial charge in [0.2, 0.25) is 0 Å². The molecule has 0 heterocycles. The summed E-state index contributed by atoms with van der Waals surface area (Å²) in [6.07, 6.45) is 0.429. The first kappa shape index (κ1) is 9.37. The molecule has 0 radical (unpaired) electrons. The molecule has 0 bridgehead atoms. The van der Waals surface area contributed by atoms with Crippen LogP contribution >= 0.6 is 0 Å². The Balaban J connectivity index is 4.33. The lowest BCUT2D eigenvalue weighted by molar-refractivity contribution is -0.131. The van der Waals surface area contributed by atoms with Crippen molar-refractivity contribution in [2.45, 2.75) is 32.8 Å². The average Bonchev–Trinajstić information content (AvgIpc) is 1.86. The normalized spacial score (nSPS) is 16.0. The summed E-state index contributed by atoms with van der Waals surface area (Å²) >= 11 is 0. The maximum atomic E-state index is 11.0. The van der Waals surface area contributed by atoms with Crippen LogP contribution in [0.3, 0.4) is 0 Å². The molecular formula is C8H14O2. The number of carbonyl (C=O) groups excluding carboxylic acids is 1. The standard InChI is InChI=1S/C8H14O2/c1-5-8(4,10)7(9)6(2)3/h10H,2,5H2,1,3-4H3. The maximum Gasteiger partial charge on any atom is 0.189 e. The van der Waals surface area contributed by atoms with E-state index >= 15 is 0 Å². The summed E-state index contributed by atoms with van der Waals surface area (Å²) in [6.45, 7) is 8.33. The second-order valence-corrected chi connectivity index (χ2v) is 2.74. The van der Waals surface area contributed by atoms with Crippen molar-refractivity contribution in [3.05, 3.63) is 12.2 Å². The molecule has 0 amide bonds. The molecule has 58 valence electrons. The van der Waals surface area contributed by atoms with Crippen LogP contribution in [-0.4, -0.2) is 16.5 Å². The van der Waals surface area contributed by atoms with E-state index in [1.165, 1.54) is 6.92 Å². The summed E-state index contributed by atoms with van der Waals surface area (Å²) in [5, 5.41) is 9.35. The van der Waals surface area contributed by atoms with Crippen LogP contribution in [0.4, 0.5) is 0 Å². The first-order valence-electron chi connectivity index (χ1n) is 3.34. The molecule has 0 aliphatic heterocycles. The van der Waals surface area contributed by atoms with Crippen molar-refractivity contribution >= 4 is 5.78 Å².